The zero-order chi connectivity index (χ0) is 10.6. The number of aliphatic hydroxyl groups is 2. The van der Waals surface area contributed by atoms with E-state index in [-0.39, 0.29) is 19.1 Å². The molecule has 0 radical (unpaired) electrons. The van der Waals surface area contributed by atoms with Crippen LogP contribution in [0.25, 0.3) is 0 Å². The first-order valence-electron chi connectivity index (χ1n) is 4.76. The summed E-state index contributed by atoms with van der Waals surface area (Å²) >= 11 is 0. The third-order valence-electron chi connectivity index (χ3n) is 2.35. The quantitative estimate of drug-likeness (QED) is 0.549. The van der Waals surface area contributed by atoms with Gasteiger partial charge in [-0.15, -0.1) is 0 Å². The SMILES string of the molecule is CC(CO)(CO)NC(=O)C1CCCO1. The zero-order valence-electron chi connectivity index (χ0n) is 8.32. The number of hydrogen-bond donors (Lipinski definition) is 3. The van der Waals surface area contributed by atoms with E-state index in [1.54, 1.807) is 6.92 Å². The highest BCUT2D eigenvalue weighted by atomic mass is 16.5. The normalized spacial score (nSPS) is 22.4. The molecule has 0 bridgehead atoms. The molecular formula is C9H17NO4. The van der Waals surface area contributed by atoms with Gasteiger partial charge in [0.2, 0.25) is 5.91 Å². The van der Waals surface area contributed by atoms with Crippen molar-refractivity contribution in [2.24, 2.45) is 0 Å². The number of ether oxygens (including phenoxy) is 1. The molecule has 1 rings (SSSR count). The van der Waals surface area contributed by atoms with Crippen LogP contribution in [-0.4, -0.2) is 47.6 Å². The second kappa shape index (κ2) is 4.72. The maximum Gasteiger partial charge on any atom is 0.249 e. The predicted molar refractivity (Wildman–Crippen MR) is 49.7 cm³/mol. The van der Waals surface area contributed by atoms with Crippen LogP contribution in [0.15, 0.2) is 0 Å². The molecule has 1 aliphatic rings. The van der Waals surface area contributed by atoms with Gasteiger partial charge in [-0.3, -0.25) is 4.79 Å². The van der Waals surface area contributed by atoms with E-state index in [2.05, 4.69) is 5.32 Å². The molecule has 5 heteroatoms. The molecule has 5 nitrogen and oxygen atoms in total. The smallest absolute Gasteiger partial charge is 0.249 e. The lowest BCUT2D eigenvalue weighted by Gasteiger charge is -2.27. The van der Waals surface area contributed by atoms with Gasteiger partial charge in [-0.1, -0.05) is 0 Å². The largest absolute Gasteiger partial charge is 0.394 e. The summed E-state index contributed by atoms with van der Waals surface area (Å²) in [7, 11) is 0. The minimum absolute atomic E-state index is 0.256. The number of carbonyl (C=O) groups is 1. The van der Waals surface area contributed by atoms with Crippen LogP contribution >= 0.6 is 0 Å². The van der Waals surface area contributed by atoms with Crippen LogP contribution in [0.2, 0.25) is 0 Å². The molecule has 0 aliphatic carbocycles. The molecule has 14 heavy (non-hydrogen) atoms. The lowest BCUT2D eigenvalue weighted by molar-refractivity contribution is -0.133. The zero-order valence-corrected chi connectivity index (χ0v) is 8.32. The number of amides is 1. The van der Waals surface area contributed by atoms with E-state index >= 15 is 0 Å². The van der Waals surface area contributed by atoms with E-state index in [1.807, 2.05) is 0 Å². The van der Waals surface area contributed by atoms with Gasteiger partial charge < -0.3 is 20.3 Å². The van der Waals surface area contributed by atoms with E-state index in [1.165, 1.54) is 0 Å². The number of hydrogen-bond acceptors (Lipinski definition) is 4. The molecule has 1 heterocycles. The van der Waals surface area contributed by atoms with Crippen molar-refractivity contribution in [1.29, 1.82) is 0 Å². The first-order chi connectivity index (χ1) is 6.61. The third kappa shape index (κ3) is 2.67. The van der Waals surface area contributed by atoms with Crippen LogP contribution in [0, 0.1) is 0 Å². The summed E-state index contributed by atoms with van der Waals surface area (Å²) in [5.41, 5.74) is -0.955. The second-order valence-corrected chi connectivity index (χ2v) is 3.87. The maximum absolute atomic E-state index is 11.5. The van der Waals surface area contributed by atoms with Crippen LogP contribution in [0.3, 0.4) is 0 Å². The van der Waals surface area contributed by atoms with Gasteiger partial charge in [0.25, 0.3) is 0 Å². The van der Waals surface area contributed by atoms with Gasteiger partial charge in [-0.05, 0) is 19.8 Å². The Morgan fingerprint density at radius 2 is 2.21 bits per heavy atom. The van der Waals surface area contributed by atoms with Crippen molar-refractivity contribution >= 4 is 5.91 Å². The van der Waals surface area contributed by atoms with Gasteiger partial charge in [0, 0.05) is 6.61 Å². The molecule has 3 N–H and O–H groups in total. The van der Waals surface area contributed by atoms with Crippen LogP contribution in [0.1, 0.15) is 19.8 Å². The Balaban J connectivity index is 2.45. The Kier molecular flexibility index (Phi) is 3.86. The fourth-order valence-corrected chi connectivity index (χ4v) is 1.29. The Morgan fingerprint density at radius 1 is 1.57 bits per heavy atom. The summed E-state index contributed by atoms with van der Waals surface area (Å²) in [5, 5.41) is 20.5. The van der Waals surface area contributed by atoms with Crippen LogP contribution in [0.5, 0.6) is 0 Å². The minimum atomic E-state index is -0.955. The molecule has 1 aliphatic heterocycles. The Labute approximate surface area is 83.1 Å². The maximum atomic E-state index is 11.5. The predicted octanol–water partition coefficient (Wildman–Crippen LogP) is -0.975. The van der Waals surface area contributed by atoms with Gasteiger partial charge in [-0.25, -0.2) is 0 Å². The van der Waals surface area contributed by atoms with Gasteiger partial charge in [-0.2, -0.15) is 0 Å². The third-order valence-corrected chi connectivity index (χ3v) is 2.35. The topological polar surface area (TPSA) is 78.8 Å². The summed E-state index contributed by atoms with van der Waals surface area (Å²) in [6.07, 6.45) is 1.17. The summed E-state index contributed by atoms with van der Waals surface area (Å²) in [5.74, 6) is -0.256. The molecule has 1 atom stereocenters. The minimum Gasteiger partial charge on any atom is -0.394 e. The molecule has 1 saturated heterocycles. The first-order valence-corrected chi connectivity index (χ1v) is 4.76. The number of aliphatic hydroxyl groups excluding tert-OH is 2. The molecule has 0 saturated carbocycles. The average Bonchev–Trinajstić information content (AvgIpc) is 2.70. The van der Waals surface area contributed by atoms with E-state index in [9.17, 15) is 4.79 Å². The van der Waals surface area contributed by atoms with Crippen molar-refractivity contribution in [2.75, 3.05) is 19.8 Å². The highest BCUT2D eigenvalue weighted by Gasteiger charge is 2.30. The molecular weight excluding hydrogens is 186 g/mol. The number of nitrogens with one attached hydrogen (secondary N) is 1. The lowest BCUT2D eigenvalue weighted by atomic mass is 10.0. The molecule has 1 fully saturated rings. The van der Waals surface area contributed by atoms with Gasteiger partial charge in [0.15, 0.2) is 0 Å². The van der Waals surface area contributed by atoms with E-state index in [0.29, 0.717) is 13.0 Å². The average molecular weight is 203 g/mol. The fourth-order valence-electron chi connectivity index (χ4n) is 1.29. The Bertz CT molecular complexity index is 197. The number of rotatable bonds is 4. The molecule has 0 aromatic carbocycles. The lowest BCUT2D eigenvalue weighted by Crippen LogP contribution is -2.54. The molecule has 0 aromatic rings. The molecule has 1 unspecified atom stereocenters. The van der Waals surface area contributed by atoms with Crippen LogP contribution in [-0.2, 0) is 9.53 Å². The van der Waals surface area contributed by atoms with Crippen LogP contribution in [0.4, 0.5) is 0 Å². The second-order valence-electron chi connectivity index (χ2n) is 3.87. The standard InChI is InChI=1S/C9H17NO4/c1-9(5-11,6-12)10-8(13)7-3-2-4-14-7/h7,11-12H,2-6H2,1H3,(H,10,13). The van der Waals surface area contributed by atoms with Gasteiger partial charge in [0.05, 0.1) is 18.8 Å². The molecule has 0 spiro atoms. The van der Waals surface area contributed by atoms with Crippen molar-refractivity contribution in [3.05, 3.63) is 0 Å². The Morgan fingerprint density at radius 3 is 2.64 bits per heavy atom. The monoisotopic (exact) mass is 203 g/mol. The summed E-state index contributed by atoms with van der Waals surface area (Å²) in [4.78, 5) is 11.5. The Hall–Kier alpha value is -0.650. The summed E-state index contributed by atoms with van der Waals surface area (Å²) in [6, 6.07) is 0. The molecule has 0 aromatic heterocycles. The van der Waals surface area contributed by atoms with E-state index in [0.717, 1.165) is 6.42 Å². The molecule has 82 valence electrons. The van der Waals surface area contributed by atoms with E-state index < -0.39 is 11.6 Å². The van der Waals surface area contributed by atoms with Crippen molar-refractivity contribution < 1.29 is 19.7 Å². The van der Waals surface area contributed by atoms with Gasteiger partial charge in [0.1, 0.15) is 6.10 Å². The summed E-state index contributed by atoms with van der Waals surface area (Å²) in [6.45, 7) is 1.61. The summed E-state index contributed by atoms with van der Waals surface area (Å²) < 4.78 is 5.17. The highest BCUT2D eigenvalue weighted by molar-refractivity contribution is 5.81. The highest BCUT2D eigenvalue weighted by Crippen LogP contribution is 2.13. The van der Waals surface area contributed by atoms with Crippen molar-refractivity contribution in [3.63, 3.8) is 0 Å². The fraction of sp³-hybridized carbons (Fsp3) is 0.889. The number of carbonyl (C=O) groups excluding carboxylic acids is 1. The van der Waals surface area contributed by atoms with Crippen molar-refractivity contribution in [1.82, 2.24) is 5.32 Å². The first kappa shape index (κ1) is 11.4. The van der Waals surface area contributed by atoms with Gasteiger partial charge >= 0.3 is 0 Å². The van der Waals surface area contributed by atoms with Crippen molar-refractivity contribution in [2.45, 2.75) is 31.4 Å². The van der Waals surface area contributed by atoms with Crippen LogP contribution < -0.4 is 5.32 Å². The van der Waals surface area contributed by atoms with E-state index in [4.69, 9.17) is 14.9 Å². The van der Waals surface area contributed by atoms with Crippen molar-refractivity contribution in [3.8, 4) is 0 Å². The molecule has 1 amide bonds.